The number of benzene rings is 1. The van der Waals surface area contributed by atoms with Gasteiger partial charge in [0, 0.05) is 6.04 Å². The van der Waals surface area contributed by atoms with Gasteiger partial charge in [0.15, 0.2) is 6.10 Å². The average Bonchev–Trinajstić information content (AvgIpc) is 2.44. The molecule has 0 saturated carbocycles. The molecule has 1 aliphatic heterocycles. The molecule has 1 aromatic carbocycles. The summed E-state index contributed by atoms with van der Waals surface area (Å²) >= 11 is 0. The second kappa shape index (κ2) is 6.39. The van der Waals surface area contributed by atoms with Crippen LogP contribution in [0.1, 0.15) is 26.3 Å². The zero-order valence-electron chi connectivity index (χ0n) is 14.2. The Morgan fingerprint density at radius 3 is 2.57 bits per heavy atom. The van der Waals surface area contributed by atoms with Crippen LogP contribution in [0.5, 0.6) is 5.75 Å². The first kappa shape index (κ1) is 17.6. The van der Waals surface area contributed by atoms with Gasteiger partial charge in [-0.3, -0.25) is 9.10 Å². The number of amides is 1. The van der Waals surface area contributed by atoms with Crippen LogP contribution in [0.2, 0.25) is 0 Å². The standard InChI is InChI=1S/C16H24N2O4S/c1-10(2)12(4)17-16(19)15-9-18(23(5,20)21)13-7-6-11(3)8-14(13)22-15/h6-8,10,12,15H,9H2,1-5H3,(H,17,19)/t12-,15-/m1/s1. The molecule has 1 heterocycles. The molecule has 1 amide bonds. The Balaban J connectivity index is 2.31. The molecule has 7 heteroatoms. The first-order valence-corrected chi connectivity index (χ1v) is 9.50. The van der Waals surface area contributed by atoms with E-state index in [1.54, 1.807) is 12.1 Å². The highest BCUT2D eigenvalue weighted by atomic mass is 32.2. The molecule has 0 fully saturated rings. The normalized spacial score (nSPS) is 19.0. The lowest BCUT2D eigenvalue weighted by Crippen LogP contribution is -2.52. The molecule has 0 bridgehead atoms. The summed E-state index contributed by atoms with van der Waals surface area (Å²) in [6, 6.07) is 5.26. The van der Waals surface area contributed by atoms with Gasteiger partial charge in [0.25, 0.3) is 5.91 Å². The van der Waals surface area contributed by atoms with E-state index in [4.69, 9.17) is 4.74 Å². The lowest BCUT2D eigenvalue weighted by atomic mass is 10.1. The van der Waals surface area contributed by atoms with Gasteiger partial charge in [0.2, 0.25) is 10.0 Å². The number of hydrogen-bond donors (Lipinski definition) is 1. The Morgan fingerprint density at radius 2 is 2.00 bits per heavy atom. The number of fused-ring (bicyclic) bond motifs is 1. The van der Waals surface area contributed by atoms with Gasteiger partial charge in [0.05, 0.1) is 18.5 Å². The minimum atomic E-state index is -3.49. The largest absolute Gasteiger partial charge is 0.476 e. The lowest BCUT2D eigenvalue weighted by Gasteiger charge is -2.34. The molecular formula is C16H24N2O4S. The molecular weight excluding hydrogens is 316 g/mol. The van der Waals surface area contributed by atoms with Crippen LogP contribution in [0.25, 0.3) is 0 Å². The van der Waals surface area contributed by atoms with Crippen LogP contribution in [-0.4, -0.2) is 39.3 Å². The third-order valence-electron chi connectivity index (χ3n) is 4.05. The van der Waals surface area contributed by atoms with Crippen LogP contribution in [0, 0.1) is 12.8 Å². The zero-order valence-corrected chi connectivity index (χ0v) is 15.0. The average molecular weight is 340 g/mol. The van der Waals surface area contributed by atoms with E-state index in [-0.39, 0.29) is 24.4 Å². The van der Waals surface area contributed by atoms with E-state index >= 15 is 0 Å². The summed E-state index contributed by atoms with van der Waals surface area (Å²) in [6.45, 7) is 7.80. The molecule has 0 radical (unpaired) electrons. The fourth-order valence-corrected chi connectivity index (χ4v) is 3.21. The van der Waals surface area contributed by atoms with Crippen molar-refractivity contribution in [3.63, 3.8) is 0 Å². The van der Waals surface area contributed by atoms with Gasteiger partial charge in [-0.25, -0.2) is 8.42 Å². The quantitative estimate of drug-likeness (QED) is 0.905. The van der Waals surface area contributed by atoms with E-state index in [9.17, 15) is 13.2 Å². The van der Waals surface area contributed by atoms with Crippen molar-refractivity contribution in [1.82, 2.24) is 5.32 Å². The van der Waals surface area contributed by atoms with Crippen LogP contribution in [-0.2, 0) is 14.8 Å². The topological polar surface area (TPSA) is 75.7 Å². The maximum atomic E-state index is 12.4. The zero-order chi connectivity index (χ0) is 17.4. The third-order valence-corrected chi connectivity index (χ3v) is 5.19. The van der Waals surface area contributed by atoms with Gasteiger partial charge in [0.1, 0.15) is 5.75 Å². The number of anilines is 1. The maximum Gasteiger partial charge on any atom is 0.263 e. The van der Waals surface area contributed by atoms with Crippen molar-refractivity contribution < 1.29 is 17.9 Å². The van der Waals surface area contributed by atoms with Gasteiger partial charge in [-0.2, -0.15) is 0 Å². The van der Waals surface area contributed by atoms with E-state index in [1.807, 2.05) is 33.8 Å². The molecule has 1 aliphatic rings. The van der Waals surface area contributed by atoms with Crippen molar-refractivity contribution in [2.75, 3.05) is 17.1 Å². The van der Waals surface area contributed by atoms with Crippen molar-refractivity contribution >= 4 is 21.6 Å². The number of hydrogen-bond acceptors (Lipinski definition) is 4. The predicted molar refractivity (Wildman–Crippen MR) is 90.2 cm³/mol. The lowest BCUT2D eigenvalue weighted by molar-refractivity contribution is -0.128. The SMILES string of the molecule is Cc1ccc2c(c1)O[C@@H](C(=O)N[C@H](C)C(C)C)CN2S(C)(=O)=O. The van der Waals surface area contributed by atoms with E-state index in [2.05, 4.69) is 5.32 Å². The smallest absolute Gasteiger partial charge is 0.263 e. The van der Waals surface area contributed by atoms with Crippen molar-refractivity contribution in [1.29, 1.82) is 0 Å². The fourth-order valence-electron chi connectivity index (χ4n) is 2.30. The Bertz CT molecular complexity index is 700. The van der Waals surface area contributed by atoms with Gasteiger partial charge in [-0.05, 0) is 37.5 Å². The summed E-state index contributed by atoms with van der Waals surface area (Å²) in [7, 11) is -3.49. The van der Waals surface area contributed by atoms with Gasteiger partial charge < -0.3 is 10.1 Å². The summed E-state index contributed by atoms with van der Waals surface area (Å²) in [5.41, 5.74) is 1.41. The molecule has 1 aromatic rings. The van der Waals surface area contributed by atoms with E-state index in [1.165, 1.54) is 4.31 Å². The molecule has 0 saturated heterocycles. The number of sulfonamides is 1. The summed E-state index contributed by atoms with van der Waals surface area (Å²) in [6.07, 6.45) is 0.272. The highest BCUT2D eigenvalue weighted by Gasteiger charge is 2.35. The van der Waals surface area contributed by atoms with Crippen molar-refractivity contribution in [3.8, 4) is 5.75 Å². The molecule has 0 aromatic heterocycles. The molecule has 0 spiro atoms. The predicted octanol–water partition coefficient (Wildman–Crippen LogP) is 1.68. The Kier molecular flexibility index (Phi) is 4.89. The van der Waals surface area contributed by atoms with E-state index < -0.39 is 16.1 Å². The van der Waals surface area contributed by atoms with Crippen molar-refractivity contribution in [2.24, 2.45) is 5.92 Å². The maximum absolute atomic E-state index is 12.4. The molecule has 2 rings (SSSR count). The summed E-state index contributed by atoms with van der Waals surface area (Å²) in [5.74, 6) is 0.397. The monoisotopic (exact) mass is 340 g/mol. The van der Waals surface area contributed by atoms with Crippen molar-refractivity contribution in [2.45, 2.75) is 39.8 Å². The van der Waals surface area contributed by atoms with Gasteiger partial charge in [-0.1, -0.05) is 19.9 Å². The minimum Gasteiger partial charge on any atom is -0.476 e. The Labute approximate surface area is 137 Å². The number of carbonyl (C=O) groups excluding carboxylic acids is 1. The van der Waals surface area contributed by atoms with Crippen LogP contribution < -0.4 is 14.4 Å². The summed E-state index contributed by atoms with van der Waals surface area (Å²) in [5, 5.41) is 2.88. The highest BCUT2D eigenvalue weighted by Crippen LogP contribution is 2.35. The third kappa shape index (κ3) is 3.96. The molecule has 0 unspecified atom stereocenters. The Hall–Kier alpha value is -1.76. The van der Waals surface area contributed by atoms with Crippen molar-refractivity contribution in [3.05, 3.63) is 23.8 Å². The molecule has 23 heavy (non-hydrogen) atoms. The first-order valence-electron chi connectivity index (χ1n) is 7.65. The number of carbonyl (C=O) groups is 1. The fraction of sp³-hybridized carbons (Fsp3) is 0.562. The first-order chi connectivity index (χ1) is 10.6. The second-order valence-electron chi connectivity index (χ2n) is 6.41. The number of nitrogens with zero attached hydrogens (tertiary/aromatic N) is 1. The minimum absolute atomic E-state index is 0.0170. The summed E-state index contributed by atoms with van der Waals surface area (Å²) in [4.78, 5) is 12.4. The highest BCUT2D eigenvalue weighted by molar-refractivity contribution is 7.92. The van der Waals surface area contributed by atoms with Crippen LogP contribution in [0.15, 0.2) is 18.2 Å². The van der Waals surface area contributed by atoms with Crippen LogP contribution in [0.3, 0.4) is 0 Å². The summed E-state index contributed by atoms with van der Waals surface area (Å²) < 4.78 is 31.1. The molecule has 1 N–H and O–H groups in total. The Morgan fingerprint density at radius 1 is 1.35 bits per heavy atom. The number of aryl methyl sites for hydroxylation is 1. The van der Waals surface area contributed by atoms with Crippen LogP contribution in [0.4, 0.5) is 5.69 Å². The molecule has 0 aliphatic carbocycles. The number of ether oxygens (including phenoxy) is 1. The van der Waals surface area contributed by atoms with E-state index in [0.29, 0.717) is 11.4 Å². The molecule has 6 nitrogen and oxygen atoms in total. The van der Waals surface area contributed by atoms with Gasteiger partial charge in [-0.15, -0.1) is 0 Å². The molecule has 128 valence electrons. The second-order valence-corrected chi connectivity index (χ2v) is 8.32. The van der Waals surface area contributed by atoms with Gasteiger partial charge >= 0.3 is 0 Å². The van der Waals surface area contributed by atoms with Crippen LogP contribution >= 0.6 is 0 Å². The number of rotatable bonds is 4. The van der Waals surface area contributed by atoms with E-state index in [0.717, 1.165) is 11.8 Å². The molecule has 2 atom stereocenters. The number of nitrogens with one attached hydrogen (secondary N) is 1.